The molecular weight excluding hydrogens is 194 g/mol. The molecule has 5 heteroatoms. The minimum atomic E-state index is 0.436. The van der Waals surface area contributed by atoms with Crippen LogP contribution in [0.5, 0.6) is 0 Å². The Labute approximate surface area is 90.2 Å². The molecule has 0 atom stereocenters. The van der Waals surface area contributed by atoms with Crippen molar-refractivity contribution in [2.75, 3.05) is 13.2 Å². The predicted molar refractivity (Wildman–Crippen MR) is 56.2 cm³/mol. The van der Waals surface area contributed by atoms with E-state index >= 15 is 0 Å². The van der Waals surface area contributed by atoms with Crippen molar-refractivity contribution in [3.05, 3.63) is 11.7 Å². The third-order valence-corrected chi connectivity index (χ3v) is 1.79. The van der Waals surface area contributed by atoms with Crippen molar-refractivity contribution in [1.29, 1.82) is 0 Å². The van der Waals surface area contributed by atoms with Gasteiger partial charge in [-0.3, -0.25) is 0 Å². The quantitative estimate of drug-likeness (QED) is 0.663. The summed E-state index contributed by atoms with van der Waals surface area (Å²) in [6, 6.07) is 0. The first-order valence-electron chi connectivity index (χ1n) is 5.46. The summed E-state index contributed by atoms with van der Waals surface area (Å²) >= 11 is 0. The lowest BCUT2D eigenvalue weighted by molar-refractivity contribution is 0.114. The smallest absolute Gasteiger partial charge is 0.240 e. The van der Waals surface area contributed by atoms with E-state index in [4.69, 9.17) is 9.26 Å². The predicted octanol–water partition coefficient (Wildman–Crippen LogP) is 1.50. The number of hydrogen-bond acceptors (Lipinski definition) is 5. The Kier molecular flexibility index (Phi) is 5.96. The SMILES string of the molecule is CCCNCc1nc(COCCC)no1. The van der Waals surface area contributed by atoms with Gasteiger partial charge in [0.15, 0.2) is 5.82 Å². The molecule has 86 valence electrons. The Morgan fingerprint density at radius 2 is 2.20 bits per heavy atom. The van der Waals surface area contributed by atoms with Gasteiger partial charge < -0.3 is 14.6 Å². The standard InChI is InChI=1S/C10H19N3O2/c1-3-5-11-7-10-12-9(13-15-10)8-14-6-4-2/h11H,3-8H2,1-2H3. The lowest BCUT2D eigenvalue weighted by Crippen LogP contribution is -2.14. The number of nitrogens with one attached hydrogen (secondary N) is 1. The zero-order valence-corrected chi connectivity index (χ0v) is 9.45. The van der Waals surface area contributed by atoms with Gasteiger partial charge >= 0.3 is 0 Å². The lowest BCUT2D eigenvalue weighted by Gasteiger charge is -1.96. The normalized spacial score (nSPS) is 10.8. The molecule has 0 saturated carbocycles. The first-order valence-corrected chi connectivity index (χ1v) is 5.46. The number of aromatic nitrogens is 2. The zero-order valence-electron chi connectivity index (χ0n) is 9.45. The molecule has 0 aromatic carbocycles. The van der Waals surface area contributed by atoms with Gasteiger partial charge in [-0.05, 0) is 19.4 Å². The zero-order chi connectivity index (χ0) is 10.9. The monoisotopic (exact) mass is 213 g/mol. The van der Waals surface area contributed by atoms with Crippen molar-refractivity contribution in [1.82, 2.24) is 15.5 Å². The first-order chi connectivity index (χ1) is 7.36. The Hall–Kier alpha value is -0.940. The number of nitrogens with zero attached hydrogens (tertiary/aromatic N) is 2. The van der Waals surface area contributed by atoms with Gasteiger partial charge in [0.2, 0.25) is 5.89 Å². The van der Waals surface area contributed by atoms with E-state index < -0.39 is 0 Å². The molecule has 0 bridgehead atoms. The number of ether oxygens (including phenoxy) is 1. The van der Waals surface area contributed by atoms with Gasteiger partial charge in [0.1, 0.15) is 6.61 Å². The summed E-state index contributed by atoms with van der Waals surface area (Å²) in [5.74, 6) is 1.25. The number of rotatable bonds is 8. The highest BCUT2D eigenvalue weighted by Crippen LogP contribution is 1.99. The van der Waals surface area contributed by atoms with Gasteiger partial charge in [0.05, 0.1) is 6.54 Å². The molecule has 0 aliphatic carbocycles. The Morgan fingerprint density at radius 1 is 1.33 bits per heavy atom. The van der Waals surface area contributed by atoms with Crippen molar-refractivity contribution in [2.45, 2.75) is 39.8 Å². The summed E-state index contributed by atoms with van der Waals surface area (Å²) in [6.07, 6.45) is 2.10. The molecule has 1 N–H and O–H groups in total. The molecule has 5 nitrogen and oxygen atoms in total. The van der Waals surface area contributed by atoms with Crippen LogP contribution in [0.15, 0.2) is 4.52 Å². The van der Waals surface area contributed by atoms with Crippen LogP contribution in [0.1, 0.15) is 38.4 Å². The molecule has 1 aromatic rings. The van der Waals surface area contributed by atoms with Crippen LogP contribution in [-0.4, -0.2) is 23.3 Å². The molecule has 15 heavy (non-hydrogen) atoms. The Morgan fingerprint density at radius 3 is 2.93 bits per heavy atom. The van der Waals surface area contributed by atoms with Crippen LogP contribution in [0.4, 0.5) is 0 Å². The summed E-state index contributed by atoms with van der Waals surface area (Å²) in [6.45, 7) is 6.95. The molecule has 0 aliphatic heterocycles. The van der Waals surface area contributed by atoms with Crippen LogP contribution < -0.4 is 5.32 Å². The summed E-state index contributed by atoms with van der Waals surface area (Å²) in [5.41, 5.74) is 0. The highest BCUT2D eigenvalue weighted by molar-refractivity contribution is 4.83. The van der Waals surface area contributed by atoms with E-state index in [0.29, 0.717) is 24.9 Å². The number of hydrogen-bond donors (Lipinski definition) is 1. The van der Waals surface area contributed by atoms with Gasteiger partial charge in [0, 0.05) is 6.61 Å². The van der Waals surface area contributed by atoms with Crippen LogP contribution >= 0.6 is 0 Å². The van der Waals surface area contributed by atoms with Crippen LogP contribution in [0.3, 0.4) is 0 Å². The summed E-state index contributed by atoms with van der Waals surface area (Å²) in [7, 11) is 0. The van der Waals surface area contributed by atoms with Crippen LogP contribution in [0.25, 0.3) is 0 Å². The largest absolute Gasteiger partial charge is 0.373 e. The molecule has 0 amide bonds. The third kappa shape index (κ3) is 4.90. The van der Waals surface area contributed by atoms with E-state index in [1.807, 2.05) is 0 Å². The van der Waals surface area contributed by atoms with E-state index in [1.165, 1.54) is 0 Å². The molecule has 1 aromatic heterocycles. The Balaban J connectivity index is 2.23. The third-order valence-electron chi connectivity index (χ3n) is 1.79. The molecule has 0 spiro atoms. The minimum Gasteiger partial charge on any atom is -0.373 e. The molecule has 0 saturated heterocycles. The second-order valence-corrected chi connectivity index (χ2v) is 3.33. The van der Waals surface area contributed by atoms with E-state index in [9.17, 15) is 0 Å². The maximum absolute atomic E-state index is 5.30. The second kappa shape index (κ2) is 7.36. The van der Waals surface area contributed by atoms with Crippen molar-refractivity contribution in [2.24, 2.45) is 0 Å². The van der Waals surface area contributed by atoms with E-state index in [0.717, 1.165) is 26.0 Å². The molecule has 1 rings (SSSR count). The average molecular weight is 213 g/mol. The average Bonchev–Trinajstić information content (AvgIpc) is 2.67. The summed E-state index contributed by atoms with van der Waals surface area (Å²) in [4.78, 5) is 4.19. The molecular formula is C10H19N3O2. The molecule has 0 unspecified atom stereocenters. The van der Waals surface area contributed by atoms with Gasteiger partial charge in [-0.1, -0.05) is 19.0 Å². The van der Waals surface area contributed by atoms with E-state index in [1.54, 1.807) is 0 Å². The van der Waals surface area contributed by atoms with Gasteiger partial charge in [-0.2, -0.15) is 4.98 Å². The van der Waals surface area contributed by atoms with Crippen LogP contribution in [0, 0.1) is 0 Å². The summed E-state index contributed by atoms with van der Waals surface area (Å²) < 4.78 is 10.3. The van der Waals surface area contributed by atoms with Crippen LogP contribution in [0.2, 0.25) is 0 Å². The van der Waals surface area contributed by atoms with Crippen LogP contribution in [-0.2, 0) is 17.9 Å². The maximum atomic E-state index is 5.30. The van der Waals surface area contributed by atoms with Crippen molar-refractivity contribution in [3.8, 4) is 0 Å². The molecule has 0 radical (unpaired) electrons. The first kappa shape index (κ1) is 12.1. The van der Waals surface area contributed by atoms with Crippen molar-refractivity contribution >= 4 is 0 Å². The fourth-order valence-corrected chi connectivity index (χ4v) is 1.10. The summed E-state index contributed by atoms with van der Waals surface area (Å²) in [5, 5.41) is 7.01. The fraction of sp³-hybridized carbons (Fsp3) is 0.800. The van der Waals surface area contributed by atoms with Crippen molar-refractivity contribution in [3.63, 3.8) is 0 Å². The van der Waals surface area contributed by atoms with Gasteiger partial charge in [-0.25, -0.2) is 0 Å². The fourth-order valence-electron chi connectivity index (χ4n) is 1.10. The van der Waals surface area contributed by atoms with E-state index in [-0.39, 0.29) is 0 Å². The highest BCUT2D eigenvalue weighted by atomic mass is 16.5. The molecule has 0 aliphatic rings. The second-order valence-electron chi connectivity index (χ2n) is 3.33. The van der Waals surface area contributed by atoms with Crippen molar-refractivity contribution < 1.29 is 9.26 Å². The maximum Gasteiger partial charge on any atom is 0.240 e. The topological polar surface area (TPSA) is 60.2 Å². The highest BCUT2D eigenvalue weighted by Gasteiger charge is 2.04. The van der Waals surface area contributed by atoms with Gasteiger partial charge in [-0.15, -0.1) is 0 Å². The van der Waals surface area contributed by atoms with Gasteiger partial charge in [0.25, 0.3) is 0 Å². The molecule has 0 fully saturated rings. The van der Waals surface area contributed by atoms with E-state index in [2.05, 4.69) is 29.3 Å². The molecule has 1 heterocycles. The lowest BCUT2D eigenvalue weighted by atomic mass is 10.5. The Bertz CT molecular complexity index is 238. The minimum absolute atomic E-state index is 0.436.